The van der Waals surface area contributed by atoms with E-state index in [0.29, 0.717) is 6.04 Å². The molecule has 16 heavy (non-hydrogen) atoms. The van der Waals surface area contributed by atoms with Crippen molar-refractivity contribution in [2.24, 2.45) is 0 Å². The molecule has 0 spiro atoms. The first-order valence-electron chi connectivity index (χ1n) is 6.19. The average molecular weight is 237 g/mol. The summed E-state index contributed by atoms with van der Waals surface area (Å²) in [5.74, 6) is 0. The zero-order valence-electron chi connectivity index (χ0n) is 10.2. The molecule has 0 aliphatic heterocycles. The molecule has 1 atom stereocenters. The lowest BCUT2D eigenvalue weighted by atomic mass is 10.1. The Morgan fingerprint density at radius 1 is 1.44 bits per heavy atom. The van der Waals surface area contributed by atoms with Gasteiger partial charge in [-0.2, -0.15) is 0 Å². The predicted molar refractivity (Wildman–Crippen MR) is 74.2 cm³/mol. The number of allylic oxidation sites excluding steroid dienone is 1. The fraction of sp³-hybridized carbons (Fsp3) is 0.571. The largest absolute Gasteiger partial charge is 0.314 e. The van der Waals surface area contributed by atoms with Crippen LogP contribution in [0.1, 0.15) is 37.5 Å². The Kier molecular flexibility index (Phi) is 7.19. The lowest BCUT2D eigenvalue weighted by Crippen LogP contribution is -2.28. The van der Waals surface area contributed by atoms with Crippen molar-refractivity contribution in [3.8, 4) is 0 Å². The topological polar surface area (TPSA) is 12.0 Å². The predicted octanol–water partition coefficient (Wildman–Crippen LogP) is 4.02. The maximum atomic E-state index is 3.73. The third-order valence-electron chi connectivity index (χ3n) is 2.67. The van der Waals surface area contributed by atoms with Crippen molar-refractivity contribution in [2.75, 3.05) is 6.54 Å². The van der Waals surface area contributed by atoms with E-state index in [1.807, 2.05) is 17.4 Å². The molecule has 1 unspecified atom stereocenters. The molecule has 1 nitrogen and oxygen atoms in total. The van der Waals surface area contributed by atoms with Gasteiger partial charge in [-0.25, -0.2) is 0 Å². The lowest BCUT2D eigenvalue weighted by molar-refractivity contribution is 0.522. The summed E-state index contributed by atoms with van der Waals surface area (Å²) < 4.78 is 0. The molecule has 1 heterocycles. The second-order valence-electron chi connectivity index (χ2n) is 4.28. The molecule has 1 aromatic heterocycles. The van der Waals surface area contributed by atoms with E-state index in [4.69, 9.17) is 0 Å². The molecule has 0 saturated heterocycles. The van der Waals surface area contributed by atoms with E-state index >= 15 is 0 Å². The van der Waals surface area contributed by atoms with Crippen LogP contribution in [0.2, 0.25) is 0 Å². The van der Waals surface area contributed by atoms with E-state index < -0.39 is 0 Å². The fourth-order valence-electron chi connectivity index (χ4n) is 1.74. The van der Waals surface area contributed by atoms with Crippen molar-refractivity contribution in [1.82, 2.24) is 5.32 Å². The molecular formula is C14H23NS. The van der Waals surface area contributed by atoms with Crippen LogP contribution in [-0.4, -0.2) is 12.6 Å². The maximum Gasteiger partial charge on any atom is 0.00870 e. The minimum Gasteiger partial charge on any atom is -0.314 e. The summed E-state index contributed by atoms with van der Waals surface area (Å²) in [6.45, 7) is 7.14. The van der Waals surface area contributed by atoms with E-state index in [2.05, 4.69) is 36.3 Å². The van der Waals surface area contributed by atoms with Crippen molar-refractivity contribution in [1.29, 1.82) is 0 Å². The van der Waals surface area contributed by atoms with Crippen LogP contribution in [0.4, 0.5) is 0 Å². The number of hydrogen-bond donors (Lipinski definition) is 1. The molecular weight excluding hydrogens is 214 g/mol. The third-order valence-corrected chi connectivity index (χ3v) is 3.56. The van der Waals surface area contributed by atoms with Gasteiger partial charge in [0.25, 0.3) is 0 Å². The SMILES string of the molecule is C=CCCCCCNC(C)Cc1cccs1. The molecule has 0 bridgehead atoms. The van der Waals surface area contributed by atoms with Gasteiger partial charge in [0.05, 0.1) is 0 Å². The molecule has 1 aromatic rings. The highest BCUT2D eigenvalue weighted by Crippen LogP contribution is 2.10. The van der Waals surface area contributed by atoms with Crippen LogP contribution >= 0.6 is 11.3 Å². The zero-order valence-corrected chi connectivity index (χ0v) is 11.1. The highest BCUT2D eigenvalue weighted by atomic mass is 32.1. The number of unbranched alkanes of at least 4 members (excludes halogenated alkanes) is 3. The summed E-state index contributed by atoms with van der Waals surface area (Å²) >= 11 is 1.85. The van der Waals surface area contributed by atoms with E-state index in [1.165, 1.54) is 24.1 Å². The molecule has 90 valence electrons. The van der Waals surface area contributed by atoms with Crippen LogP contribution in [0.25, 0.3) is 0 Å². The van der Waals surface area contributed by atoms with Gasteiger partial charge in [0.1, 0.15) is 0 Å². The Hall–Kier alpha value is -0.600. The van der Waals surface area contributed by atoms with Crippen LogP contribution in [0.3, 0.4) is 0 Å². The standard InChI is InChI=1S/C14H23NS/c1-3-4-5-6-7-10-15-13(2)12-14-9-8-11-16-14/h3,8-9,11,13,15H,1,4-7,10,12H2,2H3. The molecule has 0 amide bonds. The Balaban J connectivity index is 1.98. The molecule has 0 fully saturated rings. The second kappa shape index (κ2) is 8.54. The number of rotatable bonds is 9. The molecule has 0 aromatic carbocycles. The van der Waals surface area contributed by atoms with Gasteiger partial charge < -0.3 is 5.32 Å². The van der Waals surface area contributed by atoms with Gasteiger partial charge in [-0.1, -0.05) is 18.6 Å². The summed E-state index contributed by atoms with van der Waals surface area (Å²) in [5, 5.41) is 5.73. The molecule has 0 radical (unpaired) electrons. The summed E-state index contributed by atoms with van der Waals surface area (Å²) in [5.41, 5.74) is 0. The molecule has 1 rings (SSSR count). The first-order valence-corrected chi connectivity index (χ1v) is 7.07. The zero-order chi connectivity index (χ0) is 11.6. The van der Waals surface area contributed by atoms with Crippen molar-refractivity contribution in [3.63, 3.8) is 0 Å². The fourth-order valence-corrected chi connectivity index (χ4v) is 2.58. The van der Waals surface area contributed by atoms with Gasteiger partial charge in [0.2, 0.25) is 0 Å². The molecule has 2 heteroatoms. The minimum atomic E-state index is 0.595. The third kappa shape index (κ3) is 6.09. The van der Waals surface area contributed by atoms with Gasteiger partial charge >= 0.3 is 0 Å². The van der Waals surface area contributed by atoms with Crippen LogP contribution in [0, 0.1) is 0 Å². The smallest absolute Gasteiger partial charge is 0.00870 e. The van der Waals surface area contributed by atoms with Gasteiger partial charge in [0, 0.05) is 10.9 Å². The van der Waals surface area contributed by atoms with Crippen molar-refractivity contribution in [3.05, 3.63) is 35.0 Å². The van der Waals surface area contributed by atoms with Crippen LogP contribution in [-0.2, 0) is 6.42 Å². The normalized spacial score (nSPS) is 12.6. The van der Waals surface area contributed by atoms with E-state index in [-0.39, 0.29) is 0 Å². The van der Waals surface area contributed by atoms with Gasteiger partial charge in [0.15, 0.2) is 0 Å². The van der Waals surface area contributed by atoms with Crippen LogP contribution in [0.5, 0.6) is 0 Å². The quantitative estimate of drug-likeness (QED) is 0.505. The minimum absolute atomic E-state index is 0.595. The Morgan fingerprint density at radius 3 is 3.00 bits per heavy atom. The highest BCUT2D eigenvalue weighted by Gasteiger charge is 2.02. The van der Waals surface area contributed by atoms with E-state index in [9.17, 15) is 0 Å². The molecule has 1 N–H and O–H groups in total. The Bertz CT molecular complexity index is 266. The average Bonchev–Trinajstić information content (AvgIpc) is 2.76. The first-order chi connectivity index (χ1) is 7.83. The molecule has 0 aliphatic carbocycles. The molecule has 0 aliphatic rings. The first kappa shape index (κ1) is 13.5. The Labute approximate surface area is 104 Å². The number of hydrogen-bond acceptors (Lipinski definition) is 2. The van der Waals surface area contributed by atoms with E-state index in [1.54, 1.807) is 0 Å². The summed E-state index contributed by atoms with van der Waals surface area (Å²) in [7, 11) is 0. The number of thiophene rings is 1. The van der Waals surface area contributed by atoms with Gasteiger partial charge in [-0.3, -0.25) is 0 Å². The lowest BCUT2D eigenvalue weighted by Gasteiger charge is -2.12. The maximum absolute atomic E-state index is 3.73. The van der Waals surface area contributed by atoms with Gasteiger partial charge in [-0.15, -0.1) is 17.9 Å². The second-order valence-corrected chi connectivity index (χ2v) is 5.31. The summed E-state index contributed by atoms with van der Waals surface area (Å²) in [6.07, 6.45) is 8.19. The monoisotopic (exact) mass is 237 g/mol. The number of nitrogens with one attached hydrogen (secondary N) is 1. The summed E-state index contributed by atoms with van der Waals surface area (Å²) in [6, 6.07) is 4.94. The van der Waals surface area contributed by atoms with E-state index in [0.717, 1.165) is 19.4 Å². The van der Waals surface area contributed by atoms with Crippen molar-refractivity contribution in [2.45, 2.75) is 45.1 Å². The van der Waals surface area contributed by atoms with Crippen molar-refractivity contribution < 1.29 is 0 Å². The highest BCUT2D eigenvalue weighted by molar-refractivity contribution is 7.09. The van der Waals surface area contributed by atoms with Crippen LogP contribution in [0.15, 0.2) is 30.2 Å². The Morgan fingerprint density at radius 2 is 2.31 bits per heavy atom. The van der Waals surface area contributed by atoms with Gasteiger partial charge in [-0.05, 0) is 50.6 Å². The molecule has 0 saturated carbocycles. The van der Waals surface area contributed by atoms with Crippen molar-refractivity contribution >= 4 is 11.3 Å². The summed E-state index contributed by atoms with van der Waals surface area (Å²) in [4.78, 5) is 1.48. The van der Waals surface area contributed by atoms with Crippen LogP contribution < -0.4 is 5.32 Å².